The number of benzene rings is 2. The minimum Gasteiger partial charge on any atom is -0.311 e. The number of fused-ring (bicyclic) bond motifs is 1. The van der Waals surface area contributed by atoms with Gasteiger partial charge < -0.3 is 4.90 Å². The minimum absolute atomic E-state index is 0.117. The van der Waals surface area contributed by atoms with E-state index in [1.165, 1.54) is 29.5 Å². The van der Waals surface area contributed by atoms with Crippen molar-refractivity contribution in [3.8, 4) is 5.69 Å². The Hall–Kier alpha value is -2.29. The molecule has 172 valence electrons. The molecule has 0 radical (unpaired) electrons. The standard InChI is InChI=1S/C25H29N5OS2/c1-19-13-16-29(21-11-5-6-12-22(21)33-19)24(31)18-32-25-27-26-23(17-28-14-7-8-15-28)30(25)20-9-3-2-4-10-20/h2-6,9-12,19H,7-8,13-18H2,1H3. The summed E-state index contributed by atoms with van der Waals surface area (Å²) in [6, 6.07) is 18.5. The topological polar surface area (TPSA) is 54.3 Å². The highest BCUT2D eigenvalue weighted by Crippen LogP contribution is 2.37. The van der Waals surface area contributed by atoms with Crippen LogP contribution in [0.3, 0.4) is 0 Å². The monoisotopic (exact) mass is 479 g/mol. The van der Waals surface area contributed by atoms with Crippen LogP contribution in [0, 0.1) is 0 Å². The fraction of sp³-hybridized carbons (Fsp3) is 0.400. The SMILES string of the molecule is CC1CCN(C(=O)CSc2nnc(CN3CCCC3)n2-c2ccccc2)c2ccccc2S1. The number of rotatable bonds is 6. The van der Waals surface area contributed by atoms with Gasteiger partial charge in [-0.25, -0.2) is 0 Å². The minimum atomic E-state index is 0.117. The van der Waals surface area contributed by atoms with Gasteiger partial charge in [-0.2, -0.15) is 0 Å². The Morgan fingerprint density at radius 2 is 1.79 bits per heavy atom. The molecule has 3 aromatic rings. The van der Waals surface area contributed by atoms with Crippen molar-refractivity contribution in [1.29, 1.82) is 0 Å². The quantitative estimate of drug-likeness (QED) is 0.470. The zero-order valence-corrected chi connectivity index (χ0v) is 20.5. The number of anilines is 1. The molecule has 1 unspecified atom stereocenters. The molecule has 1 aromatic heterocycles. The van der Waals surface area contributed by atoms with Gasteiger partial charge in [0.15, 0.2) is 11.0 Å². The number of amides is 1. The first-order chi connectivity index (χ1) is 16.2. The van der Waals surface area contributed by atoms with E-state index in [1.54, 1.807) is 0 Å². The van der Waals surface area contributed by atoms with Gasteiger partial charge in [0.05, 0.1) is 18.0 Å². The number of likely N-dealkylation sites (tertiary alicyclic amines) is 1. The van der Waals surface area contributed by atoms with Crippen LogP contribution >= 0.6 is 23.5 Å². The largest absolute Gasteiger partial charge is 0.311 e. The second-order valence-corrected chi connectivity index (χ2v) is 11.0. The molecule has 0 aliphatic carbocycles. The third-order valence-electron chi connectivity index (χ3n) is 6.15. The second-order valence-electron chi connectivity index (χ2n) is 8.57. The summed E-state index contributed by atoms with van der Waals surface area (Å²) in [7, 11) is 0. The molecule has 3 heterocycles. The molecule has 2 aliphatic rings. The molecule has 8 heteroatoms. The first-order valence-corrected chi connectivity index (χ1v) is 13.5. The normalized spacial score (nSPS) is 18.8. The fourth-order valence-corrected chi connectivity index (χ4v) is 6.38. The molecule has 0 N–H and O–H groups in total. The van der Waals surface area contributed by atoms with Crippen molar-refractivity contribution in [2.24, 2.45) is 0 Å². The van der Waals surface area contributed by atoms with E-state index in [2.05, 4.69) is 50.9 Å². The number of nitrogens with zero attached hydrogens (tertiary/aromatic N) is 5. The van der Waals surface area contributed by atoms with Crippen molar-refractivity contribution < 1.29 is 4.79 Å². The lowest BCUT2D eigenvalue weighted by Crippen LogP contribution is -2.33. The van der Waals surface area contributed by atoms with Crippen LogP contribution in [0.25, 0.3) is 5.69 Å². The molecule has 6 nitrogen and oxygen atoms in total. The van der Waals surface area contributed by atoms with Crippen LogP contribution < -0.4 is 4.90 Å². The van der Waals surface area contributed by atoms with E-state index in [-0.39, 0.29) is 5.91 Å². The predicted molar refractivity (Wildman–Crippen MR) is 135 cm³/mol. The van der Waals surface area contributed by atoms with Crippen LogP contribution in [0.1, 0.15) is 32.0 Å². The van der Waals surface area contributed by atoms with Gasteiger partial charge >= 0.3 is 0 Å². The van der Waals surface area contributed by atoms with Crippen LogP contribution in [0.4, 0.5) is 5.69 Å². The summed E-state index contributed by atoms with van der Waals surface area (Å²) in [6.07, 6.45) is 3.46. The van der Waals surface area contributed by atoms with Crippen LogP contribution in [-0.4, -0.2) is 56.2 Å². The van der Waals surface area contributed by atoms with Crippen LogP contribution in [-0.2, 0) is 11.3 Å². The Morgan fingerprint density at radius 3 is 2.61 bits per heavy atom. The van der Waals surface area contributed by atoms with Gasteiger partial charge in [-0.1, -0.05) is 49.0 Å². The van der Waals surface area contributed by atoms with Crippen molar-refractivity contribution >= 4 is 35.1 Å². The van der Waals surface area contributed by atoms with Gasteiger partial charge in [-0.05, 0) is 56.6 Å². The van der Waals surface area contributed by atoms with Crippen molar-refractivity contribution in [1.82, 2.24) is 19.7 Å². The first-order valence-electron chi connectivity index (χ1n) is 11.6. The molecular formula is C25H29N5OS2. The third-order valence-corrected chi connectivity index (χ3v) is 8.30. The molecule has 1 amide bonds. The van der Waals surface area contributed by atoms with Gasteiger partial charge in [-0.3, -0.25) is 14.3 Å². The lowest BCUT2D eigenvalue weighted by Gasteiger charge is -2.22. The molecule has 1 fully saturated rings. The molecular weight excluding hydrogens is 450 g/mol. The molecule has 33 heavy (non-hydrogen) atoms. The average Bonchev–Trinajstić information content (AvgIpc) is 3.45. The van der Waals surface area contributed by atoms with Crippen LogP contribution in [0.15, 0.2) is 64.6 Å². The molecule has 0 saturated carbocycles. The van der Waals surface area contributed by atoms with E-state index in [9.17, 15) is 4.79 Å². The zero-order valence-electron chi connectivity index (χ0n) is 18.9. The maximum Gasteiger partial charge on any atom is 0.237 e. The summed E-state index contributed by atoms with van der Waals surface area (Å²) >= 11 is 3.33. The van der Waals surface area contributed by atoms with Crippen molar-refractivity contribution in [3.63, 3.8) is 0 Å². The number of thioether (sulfide) groups is 2. The number of hydrogen-bond acceptors (Lipinski definition) is 6. The molecule has 0 spiro atoms. The van der Waals surface area contributed by atoms with E-state index in [1.807, 2.05) is 47.0 Å². The van der Waals surface area contributed by atoms with Gasteiger partial charge in [0.1, 0.15) is 0 Å². The number of hydrogen-bond donors (Lipinski definition) is 0. The van der Waals surface area contributed by atoms with Gasteiger partial charge in [0.2, 0.25) is 5.91 Å². The van der Waals surface area contributed by atoms with Crippen molar-refractivity contribution in [3.05, 3.63) is 60.4 Å². The Morgan fingerprint density at radius 1 is 1.03 bits per heavy atom. The predicted octanol–water partition coefficient (Wildman–Crippen LogP) is 4.87. The number of aromatic nitrogens is 3. The van der Waals surface area contributed by atoms with Crippen molar-refractivity contribution in [2.45, 2.75) is 48.0 Å². The Kier molecular flexibility index (Phi) is 7.04. The zero-order chi connectivity index (χ0) is 22.6. The highest BCUT2D eigenvalue weighted by molar-refractivity contribution is 8.00. The maximum atomic E-state index is 13.4. The average molecular weight is 480 g/mol. The van der Waals surface area contributed by atoms with Gasteiger partial charge in [-0.15, -0.1) is 22.0 Å². The van der Waals surface area contributed by atoms with Crippen LogP contribution in [0.2, 0.25) is 0 Å². The molecule has 1 atom stereocenters. The van der Waals surface area contributed by atoms with Gasteiger partial charge in [0, 0.05) is 22.4 Å². The maximum absolute atomic E-state index is 13.4. The van der Waals surface area contributed by atoms with Crippen molar-refractivity contribution in [2.75, 3.05) is 30.3 Å². The number of para-hydroxylation sites is 2. The highest BCUT2D eigenvalue weighted by Gasteiger charge is 2.25. The Labute approximate surface area is 203 Å². The molecule has 1 saturated heterocycles. The first kappa shape index (κ1) is 22.5. The summed E-state index contributed by atoms with van der Waals surface area (Å²) in [5.74, 6) is 1.39. The summed E-state index contributed by atoms with van der Waals surface area (Å²) in [4.78, 5) is 18.9. The summed E-state index contributed by atoms with van der Waals surface area (Å²) < 4.78 is 2.12. The molecule has 2 aliphatic heterocycles. The summed E-state index contributed by atoms with van der Waals surface area (Å²) in [5, 5.41) is 10.3. The smallest absolute Gasteiger partial charge is 0.237 e. The van der Waals surface area contributed by atoms with E-state index in [0.717, 1.165) is 55.0 Å². The number of carbonyl (C=O) groups excluding carboxylic acids is 1. The van der Waals surface area contributed by atoms with E-state index in [4.69, 9.17) is 0 Å². The highest BCUT2D eigenvalue weighted by atomic mass is 32.2. The Bertz CT molecular complexity index is 1100. The molecule has 2 aromatic carbocycles. The van der Waals surface area contributed by atoms with Crippen LogP contribution in [0.5, 0.6) is 0 Å². The Balaban J connectivity index is 1.36. The van der Waals surface area contributed by atoms with E-state index in [0.29, 0.717) is 11.0 Å². The fourth-order valence-electron chi connectivity index (χ4n) is 4.42. The van der Waals surface area contributed by atoms with E-state index >= 15 is 0 Å². The summed E-state index contributed by atoms with van der Waals surface area (Å²) in [5.41, 5.74) is 2.06. The second kappa shape index (κ2) is 10.3. The summed E-state index contributed by atoms with van der Waals surface area (Å²) in [6.45, 7) is 5.97. The molecule has 5 rings (SSSR count). The van der Waals surface area contributed by atoms with Gasteiger partial charge in [0.25, 0.3) is 0 Å². The third kappa shape index (κ3) is 5.13. The lowest BCUT2D eigenvalue weighted by molar-refractivity contribution is -0.116. The lowest BCUT2D eigenvalue weighted by atomic mass is 10.2. The number of carbonyl (C=O) groups is 1. The van der Waals surface area contributed by atoms with E-state index < -0.39 is 0 Å². The molecule has 0 bridgehead atoms.